The molecule has 0 fully saturated rings. The second-order valence-electron chi connectivity index (χ2n) is 7.87. The Hall–Kier alpha value is -3.44. The van der Waals surface area contributed by atoms with E-state index >= 15 is 0 Å². The van der Waals surface area contributed by atoms with Crippen molar-refractivity contribution in [3.63, 3.8) is 0 Å². The number of rotatable bonds is 3. The van der Waals surface area contributed by atoms with Gasteiger partial charge in [-0.2, -0.15) is 5.10 Å². The van der Waals surface area contributed by atoms with Gasteiger partial charge in [0.05, 0.1) is 17.3 Å². The zero-order valence-corrected chi connectivity index (χ0v) is 17.9. The highest BCUT2D eigenvalue weighted by atomic mass is 35.5. The van der Waals surface area contributed by atoms with Gasteiger partial charge in [-0.15, -0.1) is 0 Å². The number of amides is 1. The van der Waals surface area contributed by atoms with Gasteiger partial charge in [0.1, 0.15) is 5.82 Å². The van der Waals surface area contributed by atoms with E-state index in [1.165, 1.54) is 0 Å². The van der Waals surface area contributed by atoms with Crippen LogP contribution in [0.2, 0.25) is 5.02 Å². The first-order valence-electron chi connectivity index (χ1n) is 10.1. The lowest BCUT2D eigenvalue weighted by atomic mass is 9.85. The summed E-state index contributed by atoms with van der Waals surface area (Å²) in [4.78, 5) is 26.1. The molecule has 0 saturated heterocycles. The van der Waals surface area contributed by atoms with Crippen molar-refractivity contribution in [2.24, 2.45) is 0 Å². The van der Waals surface area contributed by atoms with E-state index < -0.39 is 5.92 Å². The molecule has 3 aromatic carbocycles. The van der Waals surface area contributed by atoms with Gasteiger partial charge in [0.15, 0.2) is 5.78 Å². The number of fused-ring (bicyclic) bond motifs is 2. The third kappa shape index (κ3) is 3.22. The van der Waals surface area contributed by atoms with Crippen LogP contribution < -0.4 is 5.32 Å². The molecule has 0 saturated carbocycles. The molecule has 1 amide bonds. The van der Waals surface area contributed by atoms with Crippen LogP contribution in [0.15, 0.2) is 60.7 Å². The molecule has 5 nitrogen and oxygen atoms in total. The zero-order chi connectivity index (χ0) is 21.7. The highest BCUT2D eigenvalue weighted by Crippen LogP contribution is 2.39. The molecule has 1 N–H and O–H groups in total. The number of carbonyl (C=O) groups is 2. The number of Topliss-reactive ketones (excluding diaryl/α,β-unsaturated/α-hetero) is 1. The largest absolute Gasteiger partial charge is 0.310 e. The van der Waals surface area contributed by atoms with Gasteiger partial charge < -0.3 is 5.32 Å². The topological polar surface area (TPSA) is 64.0 Å². The summed E-state index contributed by atoms with van der Waals surface area (Å²) in [7, 11) is 0. The van der Waals surface area contributed by atoms with Gasteiger partial charge in [-0.1, -0.05) is 54.1 Å². The van der Waals surface area contributed by atoms with Gasteiger partial charge in [-0.3, -0.25) is 9.59 Å². The third-order valence-electron chi connectivity index (χ3n) is 5.92. The van der Waals surface area contributed by atoms with Crippen LogP contribution in [-0.2, 0) is 4.79 Å². The molecule has 1 aliphatic rings. The van der Waals surface area contributed by atoms with Crippen molar-refractivity contribution in [2.75, 3.05) is 5.32 Å². The van der Waals surface area contributed by atoms with Gasteiger partial charge in [-0.05, 0) is 48.4 Å². The number of halogens is 1. The van der Waals surface area contributed by atoms with Gasteiger partial charge in [0.2, 0.25) is 5.91 Å². The summed E-state index contributed by atoms with van der Waals surface area (Å²) in [5.41, 5.74) is 3.70. The van der Waals surface area contributed by atoms with Crippen LogP contribution in [0.3, 0.4) is 0 Å². The summed E-state index contributed by atoms with van der Waals surface area (Å²) in [5, 5.41) is 10.3. The SMILES string of the molecule is Cc1nn(-c2cccc(Cl)c2C)c2c1[C@H](C(=O)c1ccc3ccccc3c1)CC(=O)N2. The molecular formula is C25H20ClN3O2. The lowest BCUT2D eigenvalue weighted by molar-refractivity contribution is -0.116. The maximum absolute atomic E-state index is 13.5. The fourth-order valence-electron chi connectivity index (χ4n) is 4.31. The van der Waals surface area contributed by atoms with Crippen molar-refractivity contribution in [3.05, 3.63) is 88.1 Å². The lowest BCUT2D eigenvalue weighted by Gasteiger charge is -2.23. The molecular weight excluding hydrogens is 410 g/mol. The molecule has 0 radical (unpaired) electrons. The Morgan fingerprint density at radius 2 is 1.84 bits per heavy atom. The lowest BCUT2D eigenvalue weighted by Crippen LogP contribution is -2.28. The number of hydrogen-bond donors (Lipinski definition) is 1. The van der Waals surface area contributed by atoms with E-state index in [4.69, 9.17) is 11.6 Å². The summed E-state index contributed by atoms with van der Waals surface area (Å²) < 4.78 is 1.68. The van der Waals surface area contributed by atoms with Gasteiger partial charge >= 0.3 is 0 Å². The van der Waals surface area contributed by atoms with Crippen LogP contribution in [0.1, 0.15) is 39.5 Å². The standard InChI is InChI=1S/C25H20ClN3O2/c1-14-20(26)8-5-9-21(14)29-25-23(15(2)28-29)19(13-22(30)27-25)24(31)18-11-10-16-6-3-4-7-17(16)12-18/h3-12,19H,13H2,1-2H3,(H,27,30)/t19-/m1/s1. The number of ketones is 1. The Bertz CT molecular complexity index is 1370. The molecule has 6 heteroatoms. The van der Waals surface area contributed by atoms with E-state index in [0.717, 1.165) is 27.6 Å². The summed E-state index contributed by atoms with van der Waals surface area (Å²) in [5.74, 6) is -0.323. The van der Waals surface area contributed by atoms with Crippen molar-refractivity contribution < 1.29 is 9.59 Å². The second kappa shape index (κ2) is 7.36. The van der Waals surface area contributed by atoms with Crippen LogP contribution in [0.5, 0.6) is 0 Å². The van der Waals surface area contributed by atoms with Crippen molar-refractivity contribution in [3.8, 4) is 5.69 Å². The van der Waals surface area contributed by atoms with Crippen molar-refractivity contribution in [1.82, 2.24) is 9.78 Å². The van der Waals surface area contributed by atoms with Crippen LogP contribution in [-0.4, -0.2) is 21.5 Å². The van der Waals surface area contributed by atoms with Crippen LogP contribution >= 0.6 is 11.6 Å². The minimum absolute atomic E-state index is 0.0766. The zero-order valence-electron chi connectivity index (χ0n) is 17.1. The Balaban J connectivity index is 1.63. The number of hydrogen-bond acceptors (Lipinski definition) is 3. The van der Waals surface area contributed by atoms with Gasteiger partial charge in [0.25, 0.3) is 0 Å². The Labute approximate surface area is 184 Å². The molecule has 31 heavy (non-hydrogen) atoms. The van der Waals surface area contributed by atoms with Gasteiger partial charge in [-0.25, -0.2) is 4.68 Å². The molecule has 2 heterocycles. The number of carbonyl (C=O) groups excluding carboxylic acids is 2. The number of aromatic nitrogens is 2. The van der Waals surface area contributed by atoms with E-state index in [0.29, 0.717) is 22.1 Å². The maximum atomic E-state index is 13.5. The number of anilines is 1. The third-order valence-corrected chi connectivity index (χ3v) is 6.33. The molecule has 1 aliphatic heterocycles. The van der Waals surface area contributed by atoms with E-state index in [-0.39, 0.29) is 18.1 Å². The normalized spacial score (nSPS) is 15.6. The molecule has 0 aliphatic carbocycles. The Kier molecular flexibility index (Phi) is 4.63. The average molecular weight is 430 g/mol. The molecule has 1 atom stereocenters. The molecule has 0 bridgehead atoms. The van der Waals surface area contributed by atoms with Crippen molar-refractivity contribution >= 4 is 39.9 Å². The first-order valence-corrected chi connectivity index (χ1v) is 10.5. The number of nitrogens with zero attached hydrogens (tertiary/aromatic N) is 2. The van der Waals surface area contributed by atoms with Crippen molar-refractivity contribution in [2.45, 2.75) is 26.2 Å². The van der Waals surface area contributed by atoms with E-state index in [1.54, 1.807) is 4.68 Å². The number of aryl methyl sites for hydroxylation is 1. The summed E-state index contributed by atoms with van der Waals surface area (Å²) in [6.07, 6.45) is 0.0969. The Morgan fingerprint density at radius 1 is 1.06 bits per heavy atom. The van der Waals surface area contributed by atoms with Gasteiger partial charge in [0, 0.05) is 22.6 Å². The second-order valence-corrected chi connectivity index (χ2v) is 8.28. The van der Waals surface area contributed by atoms with Crippen molar-refractivity contribution in [1.29, 1.82) is 0 Å². The highest BCUT2D eigenvalue weighted by Gasteiger charge is 2.36. The minimum Gasteiger partial charge on any atom is -0.310 e. The van der Waals surface area contributed by atoms with Crippen LogP contribution in [0.25, 0.3) is 16.5 Å². The Morgan fingerprint density at radius 3 is 2.65 bits per heavy atom. The number of nitrogens with one attached hydrogen (secondary N) is 1. The molecule has 0 spiro atoms. The van der Waals surface area contributed by atoms with E-state index in [2.05, 4.69) is 10.4 Å². The monoisotopic (exact) mass is 429 g/mol. The molecule has 1 aromatic heterocycles. The highest BCUT2D eigenvalue weighted by molar-refractivity contribution is 6.31. The van der Waals surface area contributed by atoms with E-state index in [1.807, 2.05) is 74.5 Å². The summed E-state index contributed by atoms with van der Waals surface area (Å²) in [6, 6.07) is 19.1. The molecule has 4 aromatic rings. The fourth-order valence-corrected chi connectivity index (χ4v) is 4.48. The van der Waals surface area contributed by atoms with Crippen LogP contribution in [0.4, 0.5) is 5.82 Å². The average Bonchev–Trinajstić information content (AvgIpc) is 3.10. The smallest absolute Gasteiger partial charge is 0.226 e. The predicted molar refractivity (Wildman–Crippen MR) is 122 cm³/mol. The summed E-state index contributed by atoms with van der Waals surface area (Å²) >= 11 is 6.31. The van der Waals surface area contributed by atoms with Crippen LogP contribution in [0, 0.1) is 13.8 Å². The van der Waals surface area contributed by atoms with E-state index in [9.17, 15) is 9.59 Å². The molecule has 154 valence electrons. The maximum Gasteiger partial charge on any atom is 0.226 e. The summed E-state index contributed by atoms with van der Waals surface area (Å²) in [6.45, 7) is 3.77. The quantitative estimate of drug-likeness (QED) is 0.431. The predicted octanol–water partition coefficient (Wildman–Crippen LogP) is 5.60. The first-order chi connectivity index (χ1) is 14.9. The molecule has 0 unspecified atom stereocenters. The minimum atomic E-state index is -0.585. The number of benzene rings is 3. The molecule has 5 rings (SSSR count). The first kappa shape index (κ1) is 19.5. The fraction of sp³-hybridized carbons (Fsp3) is 0.160.